The normalized spacial score (nSPS) is 16.0. The van der Waals surface area contributed by atoms with Crippen molar-refractivity contribution >= 4 is 23.2 Å². The van der Waals surface area contributed by atoms with Crippen LogP contribution in [-0.2, 0) is 19.1 Å². The Labute approximate surface area is 199 Å². The Morgan fingerprint density at radius 3 is 2.57 bits per heavy atom. The van der Waals surface area contributed by atoms with Gasteiger partial charge in [0, 0.05) is 26.3 Å². The van der Waals surface area contributed by atoms with Gasteiger partial charge in [-0.1, -0.05) is 18.2 Å². The van der Waals surface area contributed by atoms with Crippen molar-refractivity contribution in [1.82, 2.24) is 0 Å². The third kappa shape index (κ3) is 7.08. The lowest BCUT2D eigenvalue weighted by Gasteiger charge is -2.22. The maximum Gasteiger partial charge on any atom is 0.347 e. The zero-order valence-corrected chi connectivity index (χ0v) is 18.9. The van der Waals surface area contributed by atoms with Crippen LogP contribution in [0.25, 0.3) is 5.57 Å². The molecule has 1 aliphatic rings. The molecule has 6 nitrogen and oxygen atoms in total. The molecule has 2 aromatic rings. The van der Waals surface area contributed by atoms with Crippen LogP contribution in [-0.4, -0.2) is 31.4 Å². The van der Waals surface area contributed by atoms with Gasteiger partial charge in [0.2, 0.25) is 6.29 Å². The van der Waals surface area contributed by atoms with Gasteiger partial charge in [-0.25, -0.2) is 22.4 Å². The molecule has 1 N–H and O–H groups in total. The number of benzene rings is 2. The minimum atomic E-state index is -1.16. The first-order valence-corrected chi connectivity index (χ1v) is 10.7. The highest BCUT2D eigenvalue weighted by atomic mass is 19.1. The first-order chi connectivity index (χ1) is 16.6. The second-order valence-electron chi connectivity index (χ2n) is 7.73. The van der Waals surface area contributed by atoms with E-state index in [4.69, 9.17) is 9.47 Å². The number of hydrogen-bond acceptors (Lipinski definition) is 6. The van der Waals surface area contributed by atoms with Gasteiger partial charge in [-0.05, 0) is 47.9 Å². The van der Waals surface area contributed by atoms with E-state index in [1.807, 2.05) is 0 Å². The predicted molar refractivity (Wildman–Crippen MR) is 119 cm³/mol. The summed E-state index contributed by atoms with van der Waals surface area (Å²) >= 11 is 0. The van der Waals surface area contributed by atoms with E-state index in [0.717, 1.165) is 19.1 Å². The van der Waals surface area contributed by atoms with Gasteiger partial charge < -0.3 is 19.5 Å². The Morgan fingerprint density at radius 2 is 1.86 bits per heavy atom. The minimum absolute atomic E-state index is 0.159. The fraction of sp³-hybridized carbons (Fsp3) is 0.280. The summed E-state index contributed by atoms with van der Waals surface area (Å²) in [6.45, 7) is 1.56. The molecule has 10 heteroatoms. The third-order valence-electron chi connectivity index (χ3n) is 5.05. The van der Waals surface area contributed by atoms with E-state index in [-0.39, 0.29) is 13.0 Å². The SMILES string of the molecule is CC(=O)OC(C)OC(=O)COc1ccc(F)c(NCC2CC(c3cccc(F)c3)=CC=C2F)c1F. The maximum atomic E-state index is 14.8. The lowest BCUT2D eigenvalue weighted by Crippen LogP contribution is -2.24. The molecule has 35 heavy (non-hydrogen) atoms. The summed E-state index contributed by atoms with van der Waals surface area (Å²) in [7, 11) is 0. The summed E-state index contributed by atoms with van der Waals surface area (Å²) in [5, 5.41) is 2.56. The van der Waals surface area contributed by atoms with Crippen LogP contribution in [0.1, 0.15) is 25.8 Å². The van der Waals surface area contributed by atoms with E-state index < -0.39 is 65.5 Å². The molecule has 2 unspecified atom stereocenters. The standard InChI is InChI=1S/C25H23F4NO5/c1-14(31)34-15(2)35-23(32)13-33-22-9-8-21(28)25(24(22)29)30-12-18-10-17(6-7-20(18)27)16-4-3-5-19(26)11-16/h3-9,11,15,18,30H,10,12-13H2,1-2H3. The lowest BCUT2D eigenvalue weighted by molar-refractivity contribution is -0.184. The molecule has 1 aliphatic carbocycles. The first-order valence-electron chi connectivity index (χ1n) is 10.7. The molecule has 2 aromatic carbocycles. The summed E-state index contributed by atoms with van der Waals surface area (Å²) in [5.74, 6) is -5.77. The molecule has 2 atom stereocenters. The van der Waals surface area contributed by atoms with Crippen molar-refractivity contribution in [3.05, 3.63) is 77.4 Å². The molecule has 0 amide bonds. The second kappa shape index (κ2) is 11.5. The van der Waals surface area contributed by atoms with Crippen molar-refractivity contribution in [3.63, 3.8) is 0 Å². The fourth-order valence-electron chi connectivity index (χ4n) is 3.46. The molecular formula is C25H23F4NO5. The Bertz CT molecular complexity index is 1160. The Hall–Kier alpha value is -3.82. The Morgan fingerprint density at radius 1 is 1.09 bits per heavy atom. The van der Waals surface area contributed by atoms with Crippen molar-refractivity contribution < 1.29 is 41.4 Å². The molecule has 0 bridgehead atoms. The van der Waals surface area contributed by atoms with Crippen LogP contribution in [0.2, 0.25) is 0 Å². The Balaban J connectivity index is 1.63. The monoisotopic (exact) mass is 493 g/mol. The number of esters is 2. The zero-order valence-electron chi connectivity index (χ0n) is 18.9. The van der Waals surface area contributed by atoms with Gasteiger partial charge >= 0.3 is 11.9 Å². The number of hydrogen-bond donors (Lipinski definition) is 1. The number of halogens is 4. The molecule has 0 saturated carbocycles. The average Bonchev–Trinajstić information content (AvgIpc) is 2.79. The van der Waals surface area contributed by atoms with Gasteiger partial charge in [-0.3, -0.25) is 4.79 Å². The van der Waals surface area contributed by atoms with Crippen LogP contribution in [0.3, 0.4) is 0 Å². The maximum absolute atomic E-state index is 14.8. The quantitative estimate of drug-likeness (QED) is 0.290. The summed E-state index contributed by atoms with van der Waals surface area (Å²) in [6, 6.07) is 7.77. The van der Waals surface area contributed by atoms with E-state index in [1.54, 1.807) is 6.07 Å². The number of allylic oxidation sites excluding steroid dienone is 3. The molecule has 0 radical (unpaired) electrons. The van der Waals surface area contributed by atoms with E-state index in [1.165, 1.54) is 37.3 Å². The van der Waals surface area contributed by atoms with Crippen LogP contribution >= 0.6 is 0 Å². The molecule has 0 heterocycles. The van der Waals surface area contributed by atoms with Crippen molar-refractivity contribution in [3.8, 4) is 5.75 Å². The first kappa shape index (κ1) is 25.8. The van der Waals surface area contributed by atoms with Gasteiger partial charge in [0.15, 0.2) is 18.2 Å². The summed E-state index contributed by atoms with van der Waals surface area (Å²) in [5.41, 5.74) is 0.706. The van der Waals surface area contributed by atoms with Crippen LogP contribution < -0.4 is 10.1 Å². The number of carbonyl (C=O) groups is 2. The molecule has 0 spiro atoms. The van der Waals surface area contributed by atoms with E-state index in [2.05, 4.69) is 10.1 Å². The molecular weight excluding hydrogens is 470 g/mol. The molecule has 0 aliphatic heterocycles. The highest BCUT2D eigenvalue weighted by Crippen LogP contribution is 2.34. The van der Waals surface area contributed by atoms with E-state index in [0.29, 0.717) is 11.1 Å². The number of rotatable bonds is 9. The van der Waals surface area contributed by atoms with Crippen molar-refractivity contribution in [2.75, 3.05) is 18.5 Å². The van der Waals surface area contributed by atoms with Gasteiger partial charge in [0.05, 0.1) is 0 Å². The molecule has 186 valence electrons. The highest BCUT2D eigenvalue weighted by Gasteiger charge is 2.23. The molecule has 0 aromatic heterocycles. The van der Waals surface area contributed by atoms with Crippen LogP contribution in [0.5, 0.6) is 5.75 Å². The van der Waals surface area contributed by atoms with Crippen molar-refractivity contribution in [2.24, 2.45) is 5.92 Å². The van der Waals surface area contributed by atoms with Crippen LogP contribution in [0.4, 0.5) is 23.2 Å². The average molecular weight is 493 g/mol. The summed E-state index contributed by atoms with van der Waals surface area (Å²) in [4.78, 5) is 22.6. The smallest absolute Gasteiger partial charge is 0.347 e. The van der Waals surface area contributed by atoms with Gasteiger partial charge in [0.25, 0.3) is 0 Å². The zero-order chi connectivity index (χ0) is 25.5. The van der Waals surface area contributed by atoms with E-state index in [9.17, 15) is 27.2 Å². The number of carbonyl (C=O) groups excluding carboxylic acids is 2. The molecule has 0 fully saturated rings. The van der Waals surface area contributed by atoms with Gasteiger partial charge in [-0.2, -0.15) is 0 Å². The van der Waals surface area contributed by atoms with Crippen LogP contribution in [0, 0.1) is 23.4 Å². The predicted octanol–water partition coefficient (Wildman–Crippen LogP) is 5.30. The largest absolute Gasteiger partial charge is 0.479 e. The lowest BCUT2D eigenvalue weighted by atomic mass is 9.89. The van der Waals surface area contributed by atoms with E-state index >= 15 is 0 Å². The molecule has 0 saturated heterocycles. The van der Waals surface area contributed by atoms with Crippen molar-refractivity contribution in [2.45, 2.75) is 26.6 Å². The minimum Gasteiger partial charge on any atom is -0.479 e. The number of ether oxygens (including phenoxy) is 3. The highest BCUT2D eigenvalue weighted by molar-refractivity contribution is 5.72. The van der Waals surface area contributed by atoms with Crippen LogP contribution in [0.15, 0.2) is 54.4 Å². The number of nitrogens with one attached hydrogen (secondary N) is 1. The fourth-order valence-corrected chi connectivity index (χ4v) is 3.46. The van der Waals surface area contributed by atoms with Crippen molar-refractivity contribution in [1.29, 1.82) is 0 Å². The Kier molecular flexibility index (Phi) is 8.51. The van der Waals surface area contributed by atoms with Gasteiger partial charge in [-0.15, -0.1) is 0 Å². The molecule has 3 rings (SSSR count). The summed E-state index contributed by atoms with van der Waals surface area (Å²) < 4.78 is 71.6. The topological polar surface area (TPSA) is 73.9 Å². The third-order valence-corrected chi connectivity index (χ3v) is 5.05. The van der Waals surface area contributed by atoms with Gasteiger partial charge in [0.1, 0.15) is 23.1 Å². The second-order valence-corrected chi connectivity index (χ2v) is 7.73. The summed E-state index contributed by atoms with van der Waals surface area (Å²) in [6.07, 6.45) is 1.80. The number of anilines is 1.